The molecule has 1 saturated heterocycles. The molecule has 0 radical (unpaired) electrons. The van der Waals surface area contributed by atoms with Crippen LogP contribution in [0.2, 0.25) is 5.02 Å². The predicted molar refractivity (Wildman–Crippen MR) is 122 cm³/mol. The smallest absolute Gasteiger partial charge is 0.225 e. The average molecular weight is 439 g/mol. The number of anilines is 1. The molecule has 1 amide bonds. The van der Waals surface area contributed by atoms with E-state index in [4.69, 9.17) is 26.7 Å². The normalized spacial score (nSPS) is 17.6. The zero-order valence-corrected chi connectivity index (χ0v) is 18.8. The second-order valence-electron chi connectivity index (χ2n) is 8.54. The van der Waals surface area contributed by atoms with E-state index < -0.39 is 0 Å². The van der Waals surface area contributed by atoms with Crippen molar-refractivity contribution in [1.82, 2.24) is 24.6 Å². The van der Waals surface area contributed by atoms with E-state index in [9.17, 15) is 4.79 Å². The van der Waals surface area contributed by atoms with E-state index >= 15 is 0 Å². The molecule has 1 aliphatic carbocycles. The molecule has 0 bridgehead atoms. The number of aromatic nitrogens is 4. The van der Waals surface area contributed by atoms with Gasteiger partial charge in [0.15, 0.2) is 5.65 Å². The van der Waals surface area contributed by atoms with Crippen LogP contribution in [0.15, 0.2) is 24.3 Å². The highest BCUT2D eigenvalue weighted by molar-refractivity contribution is 6.32. The van der Waals surface area contributed by atoms with Gasteiger partial charge in [-0.1, -0.05) is 30.2 Å². The molecule has 2 aromatic heterocycles. The molecule has 5 rings (SSSR count). The molecule has 1 aromatic carbocycles. The van der Waals surface area contributed by atoms with Gasteiger partial charge in [0.1, 0.15) is 11.6 Å². The lowest BCUT2D eigenvalue weighted by Crippen LogP contribution is -2.41. The molecule has 0 N–H and O–H groups in total. The van der Waals surface area contributed by atoms with E-state index in [-0.39, 0.29) is 5.92 Å². The number of nitrogens with zero attached hydrogens (tertiary/aromatic N) is 6. The number of halogens is 1. The molecule has 3 aromatic rings. The molecule has 0 unspecified atom stereocenters. The molecule has 2 aliphatic rings. The molecular weight excluding hydrogens is 412 g/mol. The van der Waals surface area contributed by atoms with Crippen molar-refractivity contribution in [3.63, 3.8) is 0 Å². The Hall–Kier alpha value is -2.67. The summed E-state index contributed by atoms with van der Waals surface area (Å²) in [6, 6.07) is 7.66. The second kappa shape index (κ2) is 8.11. The second-order valence-corrected chi connectivity index (χ2v) is 8.94. The summed E-state index contributed by atoms with van der Waals surface area (Å²) in [6.45, 7) is 7.07. The van der Waals surface area contributed by atoms with E-state index in [1.54, 1.807) is 0 Å². The minimum Gasteiger partial charge on any atom is -0.354 e. The van der Waals surface area contributed by atoms with Gasteiger partial charge in [0, 0.05) is 32.1 Å². The lowest BCUT2D eigenvalue weighted by Gasteiger charge is -2.31. The fraction of sp³-hybridized carbons (Fsp3) is 0.478. The SMILES string of the molecule is Cc1nc(N2CCCN(C(=O)C3CCC3)CC2)c2c(C)nn(-c3ccccc3Cl)c2n1. The maximum atomic E-state index is 12.7. The van der Waals surface area contributed by atoms with E-state index in [0.29, 0.717) is 16.8 Å². The number of fused-ring (bicyclic) bond motifs is 1. The average Bonchev–Trinajstić information content (AvgIpc) is 2.89. The summed E-state index contributed by atoms with van der Waals surface area (Å²) in [4.78, 5) is 26.6. The molecular formula is C23H27ClN6O. The molecule has 0 spiro atoms. The van der Waals surface area contributed by atoms with Crippen molar-refractivity contribution in [2.24, 2.45) is 5.92 Å². The highest BCUT2D eigenvalue weighted by Gasteiger charge is 2.31. The number of amides is 1. The summed E-state index contributed by atoms with van der Waals surface area (Å²) in [6.07, 6.45) is 4.21. The van der Waals surface area contributed by atoms with Crippen LogP contribution in [-0.4, -0.2) is 56.7 Å². The lowest BCUT2D eigenvalue weighted by atomic mass is 9.84. The Morgan fingerprint density at radius 3 is 2.58 bits per heavy atom. The Morgan fingerprint density at radius 1 is 1.03 bits per heavy atom. The van der Waals surface area contributed by atoms with Gasteiger partial charge in [-0.2, -0.15) is 5.10 Å². The van der Waals surface area contributed by atoms with Gasteiger partial charge in [0.25, 0.3) is 0 Å². The lowest BCUT2D eigenvalue weighted by molar-refractivity contribution is -0.137. The van der Waals surface area contributed by atoms with E-state index in [1.807, 2.05) is 42.8 Å². The third kappa shape index (κ3) is 3.65. The van der Waals surface area contributed by atoms with E-state index in [2.05, 4.69) is 9.80 Å². The Kier molecular flexibility index (Phi) is 5.30. The Morgan fingerprint density at radius 2 is 1.84 bits per heavy atom. The fourth-order valence-electron chi connectivity index (χ4n) is 4.55. The number of hydrogen-bond acceptors (Lipinski definition) is 5. The zero-order valence-electron chi connectivity index (χ0n) is 18.0. The van der Waals surface area contributed by atoms with Crippen LogP contribution in [-0.2, 0) is 4.79 Å². The number of carbonyl (C=O) groups excluding carboxylic acids is 1. The van der Waals surface area contributed by atoms with Gasteiger partial charge in [-0.3, -0.25) is 4.79 Å². The molecule has 1 saturated carbocycles. The Labute approximate surface area is 187 Å². The summed E-state index contributed by atoms with van der Waals surface area (Å²) in [5.74, 6) is 2.18. The van der Waals surface area contributed by atoms with E-state index in [1.165, 1.54) is 6.42 Å². The van der Waals surface area contributed by atoms with Gasteiger partial charge in [-0.15, -0.1) is 0 Å². The van der Waals surface area contributed by atoms with Crippen LogP contribution in [0.5, 0.6) is 0 Å². The maximum Gasteiger partial charge on any atom is 0.225 e. The molecule has 1 aliphatic heterocycles. The van der Waals surface area contributed by atoms with Crippen molar-refractivity contribution in [3.8, 4) is 5.69 Å². The number of aryl methyl sites for hydroxylation is 2. The third-order valence-electron chi connectivity index (χ3n) is 6.44. The van der Waals surface area contributed by atoms with Gasteiger partial charge in [0.2, 0.25) is 5.91 Å². The van der Waals surface area contributed by atoms with Gasteiger partial charge in [-0.05, 0) is 45.2 Å². The van der Waals surface area contributed by atoms with Crippen molar-refractivity contribution in [1.29, 1.82) is 0 Å². The molecule has 7 nitrogen and oxygen atoms in total. The van der Waals surface area contributed by atoms with Crippen LogP contribution in [0.4, 0.5) is 5.82 Å². The minimum absolute atomic E-state index is 0.246. The number of rotatable bonds is 3. The van der Waals surface area contributed by atoms with Crippen molar-refractivity contribution in [2.75, 3.05) is 31.1 Å². The Bertz CT molecular complexity index is 1140. The van der Waals surface area contributed by atoms with Crippen LogP contribution in [0.1, 0.15) is 37.2 Å². The molecule has 162 valence electrons. The molecule has 2 fully saturated rings. The zero-order chi connectivity index (χ0) is 21.5. The summed E-state index contributed by atoms with van der Waals surface area (Å²) >= 11 is 6.45. The van der Waals surface area contributed by atoms with Crippen molar-refractivity contribution in [2.45, 2.75) is 39.5 Å². The number of benzene rings is 1. The fourth-order valence-corrected chi connectivity index (χ4v) is 4.77. The largest absolute Gasteiger partial charge is 0.354 e. The van der Waals surface area contributed by atoms with Crippen LogP contribution >= 0.6 is 11.6 Å². The number of hydrogen-bond donors (Lipinski definition) is 0. The van der Waals surface area contributed by atoms with Crippen LogP contribution in [0, 0.1) is 19.8 Å². The Balaban J connectivity index is 1.50. The summed E-state index contributed by atoms with van der Waals surface area (Å²) < 4.78 is 1.81. The first-order chi connectivity index (χ1) is 15.0. The topological polar surface area (TPSA) is 67.2 Å². The number of carbonyl (C=O) groups is 1. The third-order valence-corrected chi connectivity index (χ3v) is 6.76. The van der Waals surface area contributed by atoms with Crippen LogP contribution < -0.4 is 4.90 Å². The quantitative estimate of drug-likeness (QED) is 0.619. The van der Waals surface area contributed by atoms with Gasteiger partial charge in [0.05, 0.1) is 21.8 Å². The standard InChI is InChI=1S/C23H27ClN6O/c1-15-20-21(28-11-6-12-29(14-13-28)23(31)17-7-5-8-17)25-16(2)26-22(20)30(27-15)19-10-4-3-9-18(19)24/h3-4,9-10,17H,5-8,11-14H2,1-2H3. The summed E-state index contributed by atoms with van der Waals surface area (Å²) in [5.41, 5.74) is 2.44. The first-order valence-electron chi connectivity index (χ1n) is 11.1. The van der Waals surface area contributed by atoms with Crippen molar-refractivity contribution >= 4 is 34.4 Å². The molecule has 31 heavy (non-hydrogen) atoms. The summed E-state index contributed by atoms with van der Waals surface area (Å²) in [7, 11) is 0. The first kappa shape index (κ1) is 20.2. The van der Waals surface area contributed by atoms with Crippen LogP contribution in [0.25, 0.3) is 16.7 Å². The molecule has 8 heteroatoms. The van der Waals surface area contributed by atoms with Gasteiger partial charge >= 0.3 is 0 Å². The van der Waals surface area contributed by atoms with Crippen molar-refractivity contribution < 1.29 is 4.79 Å². The van der Waals surface area contributed by atoms with Crippen molar-refractivity contribution in [3.05, 3.63) is 40.8 Å². The highest BCUT2D eigenvalue weighted by atomic mass is 35.5. The maximum absolute atomic E-state index is 12.7. The highest BCUT2D eigenvalue weighted by Crippen LogP contribution is 2.32. The summed E-state index contributed by atoms with van der Waals surface area (Å²) in [5, 5.41) is 6.34. The number of para-hydroxylation sites is 1. The molecule has 0 atom stereocenters. The minimum atomic E-state index is 0.246. The van der Waals surface area contributed by atoms with Gasteiger partial charge < -0.3 is 9.80 Å². The monoisotopic (exact) mass is 438 g/mol. The first-order valence-corrected chi connectivity index (χ1v) is 11.4. The molecule has 3 heterocycles. The van der Waals surface area contributed by atoms with Crippen LogP contribution in [0.3, 0.4) is 0 Å². The van der Waals surface area contributed by atoms with Gasteiger partial charge in [-0.25, -0.2) is 14.6 Å². The van der Waals surface area contributed by atoms with E-state index in [0.717, 1.165) is 73.7 Å². The predicted octanol–water partition coefficient (Wildman–Crippen LogP) is 3.92.